The van der Waals surface area contributed by atoms with E-state index in [1.165, 1.54) is 0 Å². The summed E-state index contributed by atoms with van der Waals surface area (Å²) in [5.41, 5.74) is 4.20. The first-order chi connectivity index (χ1) is 13.6. The Morgan fingerprint density at radius 1 is 1.21 bits per heavy atom. The van der Waals surface area contributed by atoms with Crippen LogP contribution in [-0.2, 0) is 17.1 Å². The molecule has 0 aliphatic carbocycles. The Bertz CT molecular complexity index is 955. The van der Waals surface area contributed by atoms with E-state index in [1.54, 1.807) is 31.1 Å². The maximum absolute atomic E-state index is 14.6. The average molecular weight is 402 g/mol. The van der Waals surface area contributed by atoms with Gasteiger partial charge >= 0.3 is 0 Å². The number of anilines is 1. The van der Waals surface area contributed by atoms with Gasteiger partial charge in [-0.2, -0.15) is 0 Å². The van der Waals surface area contributed by atoms with E-state index < -0.39 is 0 Å². The molecule has 0 atom stereocenters. The highest BCUT2D eigenvalue weighted by Crippen LogP contribution is 2.28. The highest BCUT2D eigenvalue weighted by atomic mass is 32.2. The summed E-state index contributed by atoms with van der Waals surface area (Å²) in [5, 5.41) is 0.767. The number of hydrogen-bond donors (Lipinski definition) is 1. The zero-order valence-electron chi connectivity index (χ0n) is 16.1. The fourth-order valence-corrected chi connectivity index (χ4v) is 4.15. The number of nitrogens with one attached hydrogen (secondary N) is 1. The second kappa shape index (κ2) is 8.46. The van der Waals surface area contributed by atoms with Crippen LogP contribution in [0.25, 0.3) is 11.0 Å². The van der Waals surface area contributed by atoms with E-state index in [4.69, 9.17) is 4.74 Å². The van der Waals surface area contributed by atoms with Crippen LogP contribution in [0.4, 0.5) is 10.1 Å². The number of pyridine rings is 1. The molecule has 0 radical (unpaired) electrons. The van der Waals surface area contributed by atoms with E-state index in [1.807, 2.05) is 18.2 Å². The zero-order valence-corrected chi connectivity index (χ0v) is 16.9. The number of benzene rings is 1. The lowest BCUT2D eigenvalue weighted by molar-refractivity contribution is 0.185. The minimum Gasteiger partial charge on any atom is -0.380 e. The molecule has 1 fully saturated rings. The standard InChI is InChI=1S/C20H24FN5OS/c1-25-5-7-26(8-6-25)19-11-18-17(10-16(19)21)23-20(24-18)28-13-15-9-14(12-27-2)3-4-22-15/h3-4,9-11H,5-8,12-13H2,1-2H3,(H,23,24). The molecule has 6 nitrogen and oxygen atoms in total. The molecule has 2 aromatic heterocycles. The highest BCUT2D eigenvalue weighted by Gasteiger charge is 2.19. The lowest BCUT2D eigenvalue weighted by Crippen LogP contribution is -2.44. The van der Waals surface area contributed by atoms with Crippen LogP contribution in [0.2, 0.25) is 0 Å². The van der Waals surface area contributed by atoms with Gasteiger partial charge in [0.05, 0.1) is 29.0 Å². The fourth-order valence-electron chi connectivity index (χ4n) is 3.36. The fraction of sp³-hybridized carbons (Fsp3) is 0.400. The molecule has 1 aliphatic heterocycles. The van der Waals surface area contributed by atoms with Crippen molar-refractivity contribution >= 4 is 28.5 Å². The SMILES string of the molecule is COCc1ccnc(CSc2nc3cc(N4CCN(C)CC4)c(F)cc3[nH]2)c1. The molecule has 28 heavy (non-hydrogen) atoms. The molecule has 8 heteroatoms. The number of imidazole rings is 1. The van der Waals surface area contributed by atoms with E-state index in [9.17, 15) is 4.39 Å². The van der Waals surface area contributed by atoms with Gasteiger partial charge < -0.3 is 19.5 Å². The average Bonchev–Trinajstić information content (AvgIpc) is 3.09. The predicted octanol–water partition coefficient (Wildman–Crippen LogP) is 3.29. The molecule has 0 saturated carbocycles. The first-order valence-electron chi connectivity index (χ1n) is 9.30. The Hall–Kier alpha value is -2.16. The molecule has 0 amide bonds. The third-order valence-electron chi connectivity index (χ3n) is 4.92. The molecular weight excluding hydrogens is 377 g/mol. The van der Waals surface area contributed by atoms with Crippen LogP contribution < -0.4 is 4.90 Å². The van der Waals surface area contributed by atoms with Gasteiger partial charge in [0.25, 0.3) is 0 Å². The molecule has 148 valence electrons. The summed E-state index contributed by atoms with van der Waals surface area (Å²) in [4.78, 5) is 16.6. The molecule has 3 heterocycles. The second-order valence-corrected chi connectivity index (χ2v) is 7.99. The minimum absolute atomic E-state index is 0.203. The van der Waals surface area contributed by atoms with E-state index in [2.05, 4.69) is 31.8 Å². The topological polar surface area (TPSA) is 57.3 Å². The normalized spacial score (nSPS) is 15.5. The molecule has 1 aliphatic rings. The monoisotopic (exact) mass is 401 g/mol. The molecule has 4 rings (SSSR count). The molecule has 1 saturated heterocycles. The number of ether oxygens (including phenoxy) is 1. The van der Waals surface area contributed by atoms with Gasteiger partial charge in [0.15, 0.2) is 5.16 Å². The third kappa shape index (κ3) is 4.29. The lowest BCUT2D eigenvalue weighted by Gasteiger charge is -2.34. The number of piperazine rings is 1. The van der Waals surface area contributed by atoms with E-state index in [0.29, 0.717) is 18.0 Å². The minimum atomic E-state index is -0.203. The van der Waals surface area contributed by atoms with Crippen molar-refractivity contribution in [3.05, 3.63) is 47.5 Å². The predicted molar refractivity (Wildman–Crippen MR) is 110 cm³/mol. The highest BCUT2D eigenvalue weighted by molar-refractivity contribution is 7.98. The molecule has 1 aromatic carbocycles. The number of nitrogens with zero attached hydrogens (tertiary/aromatic N) is 4. The largest absolute Gasteiger partial charge is 0.380 e. The zero-order chi connectivity index (χ0) is 19.5. The van der Waals surface area contributed by atoms with Crippen molar-refractivity contribution in [2.24, 2.45) is 0 Å². The van der Waals surface area contributed by atoms with Gasteiger partial charge in [-0.15, -0.1) is 0 Å². The second-order valence-electron chi connectivity index (χ2n) is 7.03. The Morgan fingerprint density at radius 3 is 2.82 bits per heavy atom. The van der Waals surface area contributed by atoms with Crippen molar-refractivity contribution in [1.29, 1.82) is 0 Å². The third-order valence-corrected chi connectivity index (χ3v) is 5.83. The summed E-state index contributed by atoms with van der Waals surface area (Å²) in [6.07, 6.45) is 1.79. The number of aromatic amines is 1. The number of thioether (sulfide) groups is 1. The van der Waals surface area contributed by atoms with Crippen molar-refractivity contribution in [2.75, 3.05) is 45.2 Å². The number of hydrogen-bond acceptors (Lipinski definition) is 6. The van der Waals surface area contributed by atoms with Gasteiger partial charge in [0.2, 0.25) is 0 Å². The molecule has 1 N–H and O–H groups in total. The molecule has 0 unspecified atom stereocenters. The Morgan fingerprint density at radius 2 is 2.04 bits per heavy atom. The van der Waals surface area contributed by atoms with E-state index in [0.717, 1.165) is 53.6 Å². The number of fused-ring (bicyclic) bond motifs is 1. The summed E-state index contributed by atoms with van der Waals surface area (Å²) in [6, 6.07) is 7.39. The lowest BCUT2D eigenvalue weighted by atomic mass is 10.2. The Kier molecular flexibility index (Phi) is 5.79. The van der Waals surface area contributed by atoms with Crippen LogP contribution in [0.15, 0.2) is 35.6 Å². The summed E-state index contributed by atoms with van der Waals surface area (Å²) in [7, 11) is 3.77. The van der Waals surface area contributed by atoms with Gasteiger partial charge in [-0.25, -0.2) is 9.37 Å². The quantitative estimate of drug-likeness (QED) is 0.640. The van der Waals surface area contributed by atoms with Gasteiger partial charge in [-0.1, -0.05) is 11.8 Å². The number of aromatic nitrogens is 3. The van der Waals surface area contributed by atoms with Gasteiger partial charge in [-0.05, 0) is 30.8 Å². The summed E-state index contributed by atoms with van der Waals surface area (Å²) in [6.45, 7) is 4.10. The number of H-pyrrole nitrogens is 1. The molecule has 0 spiro atoms. The van der Waals surface area contributed by atoms with Gasteiger partial charge in [-0.3, -0.25) is 4.98 Å². The molecular formula is C20H24FN5OS. The van der Waals surface area contributed by atoms with Crippen LogP contribution in [0.5, 0.6) is 0 Å². The number of methoxy groups -OCH3 is 1. The maximum Gasteiger partial charge on any atom is 0.166 e. The molecule has 3 aromatic rings. The van der Waals surface area contributed by atoms with Crippen molar-refractivity contribution in [3.63, 3.8) is 0 Å². The van der Waals surface area contributed by atoms with Crippen molar-refractivity contribution in [1.82, 2.24) is 19.9 Å². The number of likely N-dealkylation sites (N-methyl/N-ethyl adjacent to an activating group) is 1. The molecule has 0 bridgehead atoms. The van der Waals surface area contributed by atoms with E-state index in [-0.39, 0.29) is 5.82 Å². The summed E-state index contributed by atoms with van der Waals surface area (Å²) >= 11 is 1.56. The van der Waals surface area contributed by atoms with Crippen LogP contribution in [0.1, 0.15) is 11.3 Å². The number of rotatable bonds is 6. The van der Waals surface area contributed by atoms with Gasteiger partial charge in [0.1, 0.15) is 5.82 Å². The van der Waals surface area contributed by atoms with Crippen molar-refractivity contribution < 1.29 is 9.13 Å². The number of halogens is 1. The van der Waals surface area contributed by atoms with Crippen LogP contribution >= 0.6 is 11.8 Å². The first kappa shape index (κ1) is 19.2. The first-order valence-corrected chi connectivity index (χ1v) is 10.3. The van der Waals surface area contributed by atoms with Crippen LogP contribution in [-0.4, -0.2) is 60.2 Å². The van der Waals surface area contributed by atoms with Gasteiger partial charge in [0, 0.05) is 51.3 Å². The van der Waals surface area contributed by atoms with Crippen LogP contribution in [0, 0.1) is 5.82 Å². The Labute approximate surface area is 168 Å². The summed E-state index contributed by atoms with van der Waals surface area (Å²) in [5.74, 6) is 0.483. The Balaban J connectivity index is 1.49. The smallest absolute Gasteiger partial charge is 0.166 e. The maximum atomic E-state index is 14.6. The van der Waals surface area contributed by atoms with Crippen LogP contribution in [0.3, 0.4) is 0 Å². The van der Waals surface area contributed by atoms with Crippen molar-refractivity contribution in [2.45, 2.75) is 17.5 Å². The van der Waals surface area contributed by atoms with Crippen molar-refractivity contribution in [3.8, 4) is 0 Å². The van der Waals surface area contributed by atoms with E-state index >= 15 is 0 Å². The summed E-state index contributed by atoms with van der Waals surface area (Å²) < 4.78 is 19.8.